The lowest BCUT2D eigenvalue weighted by atomic mass is 10.3. The standard InChI is InChI=1S/C7H15NO4/c1-7(2)11-5-3-4-6-12-8(9)10/h7H,3-6H2,1-2H3. The van der Waals surface area contributed by atoms with Crippen molar-refractivity contribution < 1.29 is 14.7 Å². The Bertz CT molecular complexity index is 127. The van der Waals surface area contributed by atoms with Crippen molar-refractivity contribution >= 4 is 0 Å². The van der Waals surface area contributed by atoms with Crippen LogP contribution < -0.4 is 0 Å². The zero-order valence-electron chi connectivity index (χ0n) is 7.49. The van der Waals surface area contributed by atoms with Gasteiger partial charge in [0.05, 0.1) is 12.7 Å². The molecule has 0 heterocycles. The lowest BCUT2D eigenvalue weighted by Gasteiger charge is -2.05. The molecule has 0 amide bonds. The van der Waals surface area contributed by atoms with Crippen LogP contribution in [0.15, 0.2) is 0 Å². The predicted octanol–water partition coefficient (Wildman–Crippen LogP) is 1.40. The summed E-state index contributed by atoms with van der Waals surface area (Å²) >= 11 is 0. The van der Waals surface area contributed by atoms with Gasteiger partial charge in [0.25, 0.3) is 5.09 Å². The van der Waals surface area contributed by atoms with Gasteiger partial charge in [0.2, 0.25) is 0 Å². The Hall–Kier alpha value is -0.840. The number of hydrogen-bond donors (Lipinski definition) is 0. The first kappa shape index (κ1) is 11.2. The van der Waals surface area contributed by atoms with Crippen LogP contribution in [0.1, 0.15) is 26.7 Å². The summed E-state index contributed by atoms with van der Waals surface area (Å²) in [7, 11) is 0. The first-order valence-corrected chi connectivity index (χ1v) is 4.02. The van der Waals surface area contributed by atoms with Crippen LogP contribution in [0.5, 0.6) is 0 Å². The molecular weight excluding hydrogens is 162 g/mol. The highest BCUT2D eigenvalue weighted by Gasteiger charge is 1.95. The maximum Gasteiger partial charge on any atom is 0.294 e. The lowest BCUT2D eigenvalue weighted by Crippen LogP contribution is -2.06. The Kier molecular flexibility index (Phi) is 6.37. The molecule has 0 aliphatic heterocycles. The smallest absolute Gasteiger partial charge is 0.294 e. The molecule has 5 nitrogen and oxygen atoms in total. The highest BCUT2D eigenvalue weighted by atomic mass is 16.9. The Morgan fingerprint density at radius 1 is 1.33 bits per heavy atom. The molecule has 0 aromatic rings. The first-order valence-electron chi connectivity index (χ1n) is 4.02. The second-order valence-corrected chi connectivity index (χ2v) is 2.68. The van der Waals surface area contributed by atoms with E-state index in [2.05, 4.69) is 4.84 Å². The van der Waals surface area contributed by atoms with Crippen molar-refractivity contribution in [1.29, 1.82) is 0 Å². The van der Waals surface area contributed by atoms with Crippen molar-refractivity contribution in [1.82, 2.24) is 0 Å². The predicted molar refractivity (Wildman–Crippen MR) is 43.3 cm³/mol. The van der Waals surface area contributed by atoms with E-state index in [4.69, 9.17) is 4.74 Å². The average molecular weight is 177 g/mol. The van der Waals surface area contributed by atoms with Crippen molar-refractivity contribution in [3.05, 3.63) is 10.1 Å². The van der Waals surface area contributed by atoms with Crippen LogP contribution in [0.2, 0.25) is 0 Å². The lowest BCUT2D eigenvalue weighted by molar-refractivity contribution is -0.757. The molecule has 0 atom stereocenters. The molecule has 12 heavy (non-hydrogen) atoms. The van der Waals surface area contributed by atoms with Crippen LogP contribution in [0.25, 0.3) is 0 Å². The van der Waals surface area contributed by atoms with Crippen LogP contribution in [0, 0.1) is 10.1 Å². The molecule has 0 fully saturated rings. The topological polar surface area (TPSA) is 61.6 Å². The Balaban J connectivity index is 2.96. The van der Waals surface area contributed by atoms with E-state index in [1.807, 2.05) is 13.8 Å². The third kappa shape index (κ3) is 9.16. The minimum absolute atomic E-state index is 0.161. The van der Waals surface area contributed by atoms with Gasteiger partial charge in [-0.3, -0.25) is 0 Å². The molecule has 0 aliphatic carbocycles. The summed E-state index contributed by atoms with van der Waals surface area (Å²) in [5.74, 6) is 0. The minimum Gasteiger partial charge on any atom is -0.379 e. The quantitative estimate of drug-likeness (QED) is 0.335. The largest absolute Gasteiger partial charge is 0.379 e. The molecule has 0 saturated carbocycles. The average Bonchev–Trinajstić information content (AvgIpc) is 1.95. The minimum atomic E-state index is -0.775. The maximum atomic E-state index is 9.69. The maximum absolute atomic E-state index is 9.69. The summed E-state index contributed by atoms with van der Waals surface area (Å²) in [6.45, 7) is 4.70. The number of hydrogen-bond acceptors (Lipinski definition) is 4. The fourth-order valence-corrected chi connectivity index (χ4v) is 0.662. The third-order valence-corrected chi connectivity index (χ3v) is 1.19. The number of unbranched alkanes of at least 4 members (excludes halogenated alkanes) is 1. The molecule has 0 unspecified atom stereocenters. The van der Waals surface area contributed by atoms with Crippen LogP contribution in [0.3, 0.4) is 0 Å². The van der Waals surface area contributed by atoms with Gasteiger partial charge < -0.3 is 9.57 Å². The van der Waals surface area contributed by atoms with Crippen LogP contribution in [0.4, 0.5) is 0 Å². The molecule has 0 spiro atoms. The normalized spacial score (nSPS) is 10.2. The fraction of sp³-hybridized carbons (Fsp3) is 1.00. The summed E-state index contributed by atoms with van der Waals surface area (Å²) in [6, 6.07) is 0. The highest BCUT2D eigenvalue weighted by Crippen LogP contribution is 1.94. The molecule has 72 valence electrons. The van der Waals surface area contributed by atoms with E-state index in [-0.39, 0.29) is 12.7 Å². The zero-order valence-corrected chi connectivity index (χ0v) is 7.49. The van der Waals surface area contributed by atoms with Gasteiger partial charge in [-0.2, -0.15) is 0 Å². The van der Waals surface area contributed by atoms with Gasteiger partial charge in [0.1, 0.15) is 0 Å². The molecule has 0 saturated heterocycles. The first-order chi connectivity index (χ1) is 5.63. The molecule has 0 rings (SSSR count). The second-order valence-electron chi connectivity index (χ2n) is 2.68. The van der Waals surface area contributed by atoms with Gasteiger partial charge in [-0.1, -0.05) is 0 Å². The summed E-state index contributed by atoms with van der Waals surface area (Å²) in [5.41, 5.74) is 0. The SMILES string of the molecule is CC(C)OCCCCO[N+](=O)[O-]. The summed E-state index contributed by atoms with van der Waals surface area (Å²) in [5, 5.41) is 8.92. The van der Waals surface area contributed by atoms with Crippen molar-refractivity contribution in [3.63, 3.8) is 0 Å². The van der Waals surface area contributed by atoms with Crippen LogP contribution in [-0.2, 0) is 9.57 Å². The number of ether oxygens (including phenoxy) is 1. The Morgan fingerprint density at radius 2 is 1.92 bits per heavy atom. The molecule has 0 aromatic heterocycles. The van der Waals surface area contributed by atoms with Crippen molar-refractivity contribution in [2.45, 2.75) is 32.8 Å². The van der Waals surface area contributed by atoms with Gasteiger partial charge in [-0.25, -0.2) is 0 Å². The van der Waals surface area contributed by atoms with Gasteiger partial charge in [-0.15, -0.1) is 10.1 Å². The molecule has 0 N–H and O–H groups in total. The van der Waals surface area contributed by atoms with Crippen LogP contribution in [-0.4, -0.2) is 24.4 Å². The van der Waals surface area contributed by atoms with Gasteiger partial charge in [0.15, 0.2) is 0 Å². The van der Waals surface area contributed by atoms with Gasteiger partial charge in [0, 0.05) is 6.61 Å². The number of nitrogens with zero attached hydrogens (tertiary/aromatic N) is 1. The van der Waals surface area contributed by atoms with E-state index in [0.717, 1.165) is 6.42 Å². The molecule has 0 aromatic carbocycles. The molecule has 0 aliphatic rings. The summed E-state index contributed by atoms with van der Waals surface area (Å²) in [6.07, 6.45) is 1.68. The van der Waals surface area contributed by atoms with Crippen molar-refractivity contribution in [3.8, 4) is 0 Å². The highest BCUT2D eigenvalue weighted by molar-refractivity contribution is 4.39. The Morgan fingerprint density at radius 3 is 2.42 bits per heavy atom. The molecular formula is C7H15NO4. The molecule has 0 bridgehead atoms. The van der Waals surface area contributed by atoms with Crippen molar-refractivity contribution in [2.24, 2.45) is 0 Å². The zero-order chi connectivity index (χ0) is 9.40. The van der Waals surface area contributed by atoms with E-state index < -0.39 is 5.09 Å². The van der Waals surface area contributed by atoms with E-state index in [9.17, 15) is 10.1 Å². The fourth-order valence-electron chi connectivity index (χ4n) is 0.662. The monoisotopic (exact) mass is 177 g/mol. The van der Waals surface area contributed by atoms with Gasteiger partial charge in [-0.05, 0) is 26.7 Å². The van der Waals surface area contributed by atoms with E-state index in [0.29, 0.717) is 13.0 Å². The van der Waals surface area contributed by atoms with Crippen LogP contribution >= 0.6 is 0 Å². The third-order valence-electron chi connectivity index (χ3n) is 1.19. The summed E-state index contributed by atoms with van der Waals surface area (Å²) in [4.78, 5) is 13.8. The van der Waals surface area contributed by atoms with E-state index in [1.165, 1.54) is 0 Å². The summed E-state index contributed by atoms with van der Waals surface area (Å²) < 4.78 is 5.22. The molecule has 0 radical (unpaired) electrons. The van der Waals surface area contributed by atoms with Gasteiger partial charge >= 0.3 is 0 Å². The van der Waals surface area contributed by atoms with Crippen molar-refractivity contribution in [2.75, 3.05) is 13.2 Å². The second kappa shape index (κ2) is 6.84. The number of rotatable bonds is 7. The van der Waals surface area contributed by atoms with E-state index in [1.54, 1.807) is 0 Å². The Labute approximate surface area is 71.8 Å². The molecule has 5 heteroatoms. The van der Waals surface area contributed by atoms with E-state index >= 15 is 0 Å².